The van der Waals surface area contributed by atoms with Gasteiger partial charge in [0.25, 0.3) is 0 Å². The highest BCUT2D eigenvalue weighted by molar-refractivity contribution is 6.30. The Morgan fingerprint density at radius 3 is 2.52 bits per heavy atom. The molecule has 2 N–H and O–H groups in total. The molecule has 1 amide bonds. The van der Waals surface area contributed by atoms with Gasteiger partial charge < -0.3 is 15.4 Å². The number of hydrogen-bond donors (Lipinski definition) is 1. The minimum Gasteiger partial charge on any atom is -0.380 e. The molecule has 2 atom stereocenters. The Labute approximate surface area is 131 Å². The van der Waals surface area contributed by atoms with Crippen LogP contribution in [0, 0.1) is 0 Å². The first-order valence-corrected chi connectivity index (χ1v) is 7.74. The molecular weight excluding hydrogens is 288 g/mol. The average Bonchev–Trinajstić information content (AvgIpc) is 3.30. The standard InChI is InChI=1S/C16H23ClN2O2/c1-11(12-3-5-13(17)6-4-12)19(14-7-8-14)16(20)9-15(10-18)21-2/h3-6,11,14-15H,7-10,18H2,1-2H3. The summed E-state index contributed by atoms with van der Waals surface area (Å²) in [5.74, 6) is 0.109. The second kappa shape index (κ2) is 7.25. The van der Waals surface area contributed by atoms with Gasteiger partial charge in [-0.2, -0.15) is 0 Å². The number of benzene rings is 1. The van der Waals surface area contributed by atoms with Gasteiger partial charge in [-0.15, -0.1) is 0 Å². The highest BCUT2D eigenvalue weighted by atomic mass is 35.5. The number of ether oxygens (including phenoxy) is 1. The van der Waals surface area contributed by atoms with Crippen LogP contribution in [0.25, 0.3) is 0 Å². The molecular formula is C16H23ClN2O2. The van der Waals surface area contributed by atoms with Crippen LogP contribution in [0.4, 0.5) is 0 Å². The lowest BCUT2D eigenvalue weighted by Crippen LogP contribution is -2.39. The van der Waals surface area contributed by atoms with Crippen molar-refractivity contribution in [1.29, 1.82) is 0 Å². The van der Waals surface area contributed by atoms with Crippen LogP contribution in [0.5, 0.6) is 0 Å². The summed E-state index contributed by atoms with van der Waals surface area (Å²) in [6, 6.07) is 8.07. The van der Waals surface area contributed by atoms with Crippen LogP contribution in [0.3, 0.4) is 0 Å². The predicted octanol–water partition coefficient (Wildman–Crippen LogP) is 2.76. The highest BCUT2D eigenvalue weighted by Crippen LogP contribution is 2.35. The fraction of sp³-hybridized carbons (Fsp3) is 0.562. The molecule has 0 bridgehead atoms. The van der Waals surface area contributed by atoms with Gasteiger partial charge in [0.2, 0.25) is 5.91 Å². The van der Waals surface area contributed by atoms with Crippen LogP contribution in [0.2, 0.25) is 5.02 Å². The summed E-state index contributed by atoms with van der Waals surface area (Å²) in [4.78, 5) is 14.6. The fourth-order valence-corrected chi connectivity index (χ4v) is 2.68. The fourth-order valence-electron chi connectivity index (χ4n) is 2.55. The maximum atomic E-state index is 12.6. The summed E-state index contributed by atoms with van der Waals surface area (Å²) in [5, 5.41) is 0.706. The Kier molecular flexibility index (Phi) is 5.62. The first kappa shape index (κ1) is 16.3. The monoisotopic (exact) mass is 310 g/mol. The zero-order chi connectivity index (χ0) is 15.4. The van der Waals surface area contributed by atoms with Crippen molar-refractivity contribution in [2.45, 2.75) is 44.4 Å². The molecule has 1 aliphatic rings. The molecule has 5 heteroatoms. The molecule has 2 rings (SSSR count). The van der Waals surface area contributed by atoms with E-state index in [9.17, 15) is 4.79 Å². The van der Waals surface area contributed by atoms with Crippen molar-refractivity contribution >= 4 is 17.5 Å². The number of nitrogens with two attached hydrogens (primary N) is 1. The summed E-state index contributed by atoms with van der Waals surface area (Å²) in [5.41, 5.74) is 6.72. The summed E-state index contributed by atoms with van der Waals surface area (Å²) in [6.07, 6.45) is 2.27. The van der Waals surface area contributed by atoms with E-state index < -0.39 is 0 Å². The Bertz CT molecular complexity index is 470. The van der Waals surface area contributed by atoms with Crippen molar-refractivity contribution in [1.82, 2.24) is 4.90 Å². The topological polar surface area (TPSA) is 55.6 Å². The second-order valence-electron chi connectivity index (χ2n) is 5.56. The van der Waals surface area contributed by atoms with E-state index in [0.717, 1.165) is 18.4 Å². The van der Waals surface area contributed by atoms with E-state index in [-0.39, 0.29) is 18.1 Å². The number of hydrogen-bond acceptors (Lipinski definition) is 3. The molecule has 1 aromatic carbocycles. The number of carbonyl (C=O) groups is 1. The van der Waals surface area contributed by atoms with Gasteiger partial charge in [0.15, 0.2) is 0 Å². The van der Waals surface area contributed by atoms with Crippen molar-refractivity contribution in [2.75, 3.05) is 13.7 Å². The van der Waals surface area contributed by atoms with E-state index in [1.165, 1.54) is 0 Å². The van der Waals surface area contributed by atoms with Gasteiger partial charge >= 0.3 is 0 Å². The van der Waals surface area contributed by atoms with E-state index in [4.69, 9.17) is 22.1 Å². The highest BCUT2D eigenvalue weighted by Gasteiger charge is 2.36. The molecule has 0 heterocycles. The van der Waals surface area contributed by atoms with E-state index in [1.54, 1.807) is 7.11 Å². The maximum Gasteiger partial charge on any atom is 0.225 e. The van der Waals surface area contributed by atoms with Crippen molar-refractivity contribution in [3.05, 3.63) is 34.9 Å². The molecule has 0 saturated heterocycles. The predicted molar refractivity (Wildman–Crippen MR) is 84.2 cm³/mol. The van der Waals surface area contributed by atoms with E-state index in [0.29, 0.717) is 24.0 Å². The van der Waals surface area contributed by atoms with Gasteiger partial charge in [0.1, 0.15) is 0 Å². The molecule has 1 aromatic rings. The zero-order valence-corrected chi connectivity index (χ0v) is 13.3. The van der Waals surface area contributed by atoms with Gasteiger partial charge in [-0.3, -0.25) is 4.79 Å². The van der Waals surface area contributed by atoms with E-state index in [2.05, 4.69) is 6.92 Å². The summed E-state index contributed by atoms with van der Waals surface area (Å²) < 4.78 is 5.23. The largest absolute Gasteiger partial charge is 0.380 e. The minimum atomic E-state index is -0.212. The number of methoxy groups -OCH3 is 1. The zero-order valence-electron chi connectivity index (χ0n) is 12.6. The number of carbonyl (C=O) groups excluding carboxylic acids is 1. The third kappa shape index (κ3) is 4.19. The Morgan fingerprint density at radius 1 is 1.43 bits per heavy atom. The van der Waals surface area contributed by atoms with Crippen molar-refractivity contribution < 1.29 is 9.53 Å². The van der Waals surface area contributed by atoms with Crippen LogP contribution >= 0.6 is 11.6 Å². The Hall–Kier alpha value is -1.10. The number of amides is 1. The second-order valence-corrected chi connectivity index (χ2v) is 5.99. The molecule has 1 aliphatic carbocycles. The number of halogens is 1. The molecule has 0 aliphatic heterocycles. The number of rotatable bonds is 7. The lowest BCUT2D eigenvalue weighted by Gasteiger charge is -2.31. The van der Waals surface area contributed by atoms with Gasteiger partial charge in [-0.25, -0.2) is 0 Å². The maximum absolute atomic E-state index is 12.6. The molecule has 4 nitrogen and oxygen atoms in total. The van der Waals surface area contributed by atoms with Crippen molar-refractivity contribution in [2.24, 2.45) is 5.73 Å². The smallest absolute Gasteiger partial charge is 0.225 e. The molecule has 21 heavy (non-hydrogen) atoms. The Balaban J connectivity index is 2.11. The third-order valence-electron chi connectivity index (χ3n) is 4.00. The summed E-state index contributed by atoms with van der Waals surface area (Å²) >= 11 is 5.93. The molecule has 0 spiro atoms. The van der Waals surface area contributed by atoms with Crippen LogP contribution in [-0.2, 0) is 9.53 Å². The lowest BCUT2D eigenvalue weighted by atomic mass is 10.1. The average molecular weight is 311 g/mol. The molecule has 2 unspecified atom stereocenters. The van der Waals surface area contributed by atoms with Gasteiger partial charge in [-0.05, 0) is 37.5 Å². The molecule has 116 valence electrons. The van der Waals surface area contributed by atoms with Crippen LogP contribution < -0.4 is 5.73 Å². The van der Waals surface area contributed by atoms with Crippen LogP contribution in [0.15, 0.2) is 24.3 Å². The third-order valence-corrected chi connectivity index (χ3v) is 4.25. The molecule has 1 fully saturated rings. The normalized spacial score (nSPS) is 17.3. The summed E-state index contributed by atoms with van der Waals surface area (Å²) in [7, 11) is 1.59. The first-order valence-electron chi connectivity index (χ1n) is 7.36. The van der Waals surface area contributed by atoms with Gasteiger partial charge in [0.05, 0.1) is 18.6 Å². The molecule has 0 aromatic heterocycles. The lowest BCUT2D eigenvalue weighted by molar-refractivity contribution is -0.136. The van der Waals surface area contributed by atoms with Gasteiger partial charge in [-0.1, -0.05) is 23.7 Å². The van der Waals surface area contributed by atoms with Crippen molar-refractivity contribution in [3.8, 4) is 0 Å². The van der Waals surface area contributed by atoms with E-state index >= 15 is 0 Å². The van der Waals surface area contributed by atoms with E-state index in [1.807, 2.05) is 29.2 Å². The SMILES string of the molecule is COC(CN)CC(=O)N(C1CC1)C(C)c1ccc(Cl)cc1. The number of nitrogens with zero attached hydrogens (tertiary/aromatic N) is 1. The quantitative estimate of drug-likeness (QED) is 0.842. The molecule has 0 radical (unpaired) electrons. The Morgan fingerprint density at radius 2 is 2.05 bits per heavy atom. The van der Waals surface area contributed by atoms with Crippen molar-refractivity contribution in [3.63, 3.8) is 0 Å². The molecule has 1 saturated carbocycles. The van der Waals surface area contributed by atoms with Crippen LogP contribution in [-0.4, -0.2) is 36.6 Å². The first-order chi connectivity index (χ1) is 10.1. The minimum absolute atomic E-state index is 0.0394. The van der Waals surface area contributed by atoms with Crippen LogP contribution in [0.1, 0.15) is 37.8 Å². The van der Waals surface area contributed by atoms with Gasteiger partial charge in [0, 0.05) is 24.7 Å². The summed E-state index contributed by atoms with van der Waals surface area (Å²) in [6.45, 7) is 2.42.